The van der Waals surface area contributed by atoms with Crippen molar-refractivity contribution in [2.24, 2.45) is 0 Å². The molecule has 0 fully saturated rings. The Bertz CT molecular complexity index is 910. The molecule has 1 atom stereocenters. The summed E-state index contributed by atoms with van der Waals surface area (Å²) < 4.78 is 21.2. The average molecular weight is 442 g/mol. The molecule has 6 nitrogen and oxygen atoms in total. The van der Waals surface area contributed by atoms with Crippen molar-refractivity contribution in [3.8, 4) is 35.9 Å². The van der Waals surface area contributed by atoms with E-state index in [1.165, 1.54) is 7.11 Å². The lowest BCUT2D eigenvalue weighted by molar-refractivity contribution is -0.133. The maximum absolute atomic E-state index is 12.5. The molecule has 2 rings (SSSR count). The third kappa shape index (κ3) is 9.35. The van der Waals surface area contributed by atoms with Crippen LogP contribution in [0.25, 0.3) is 0 Å². The fourth-order valence-corrected chi connectivity index (χ4v) is 2.59. The predicted molar refractivity (Wildman–Crippen MR) is 119 cm³/mol. The van der Waals surface area contributed by atoms with E-state index in [0.29, 0.717) is 29.5 Å². The summed E-state index contributed by atoms with van der Waals surface area (Å²) in [7, 11) is 1.50. The van der Waals surface area contributed by atoms with Crippen LogP contribution < -0.4 is 14.8 Å². The number of amides is 1. The zero-order chi connectivity index (χ0) is 22.3. The highest BCUT2D eigenvalue weighted by atomic mass is 35.5. The molecule has 2 aromatic rings. The predicted octanol–water partition coefficient (Wildman–Crippen LogP) is 3.08. The fraction of sp³-hybridized carbons (Fsp3) is 0.292. The van der Waals surface area contributed by atoms with Crippen molar-refractivity contribution in [2.45, 2.75) is 12.5 Å². The number of hydrogen-bond donors (Lipinski definition) is 1. The summed E-state index contributed by atoms with van der Waals surface area (Å²) in [5.41, 5.74) is 1.05. The van der Waals surface area contributed by atoms with Crippen molar-refractivity contribution in [2.75, 3.05) is 33.5 Å². The van der Waals surface area contributed by atoms with Crippen LogP contribution in [0.3, 0.4) is 0 Å². The smallest absolute Gasteiger partial charge is 0.252 e. The van der Waals surface area contributed by atoms with Crippen molar-refractivity contribution in [1.82, 2.24) is 5.32 Å². The Morgan fingerprint density at radius 1 is 1.06 bits per heavy atom. The van der Waals surface area contributed by atoms with Crippen LogP contribution in [0.5, 0.6) is 11.5 Å². The van der Waals surface area contributed by atoms with Gasteiger partial charge in [0.25, 0.3) is 5.91 Å². The third-order valence-electron chi connectivity index (χ3n) is 4.00. The van der Waals surface area contributed by atoms with Crippen LogP contribution in [0.1, 0.15) is 5.56 Å². The van der Waals surface area contributed by atoms with E-state index >= 15 is 0 Å². The first-order chi connectivity index (χ1) is 15.1. The molecule has 2 aromatic carbocycles. The Morgan fingerprint density at radius 2 is 1.74 bits per heavy atom. The summed E-state index contributed by atoms with van der Waals surface area (Å²) in [6.07, 6.45) is 7.53. The van der Waals surface area contributed by atoms with Crippen molar-refractivity contribution in [1.29, 1.82) is 0 Å². The Kier molecular flexibility index (Phi) is 10.7. The second kappa shape index (κ2) is 13.8. The molecule has 0 heterocycles. The van der Waals surface area contributed by atoms with Gasteiger partial charge in [0, 0.05) is 11.6 Å². The van der Waals surface area contributed by atoms with E-state index in [1.807, 2.05) is 24.3 Å². The SMILES string of the molecule is C#CCOC(COc1ccc(Cl)cc1)C(=O)NCCc1ccc(OCC#COC)cc1. The van der Waals surface area contributed by atoms with Crippen LogP contribution in [0.2, 0.25) is 5.02 Å². The molecule has 0 spiro atoms. The Labute approximate surface area is 187 Å². The van der Waals surface area contributed by atoms with Crippen LogP contribution >= 0.6 is 11.6 Å². The molecule has 0 saturated heterocycles. The van der Waals surface area contributed by atoms with E-state index in [0.717, 1.165) is 5.56 Å². The summed E-state index contributed by atoms with van der Waals surface area (Å²) >= 11 is 5.86. The van der Waals surface area contributed by atoms with Crippen molar-refractivity contribution >= 4 is 17.5 Å². The highest BCUT2D eigenvalue weighted by Gasteiger charge is 2.19. The zero-order valence-electron chi connectivity index (χ0n) is 17.2. The molecule has 0 aliphatic rings. The van der Waals surface area contributed by atoms with Gasteiger partial charge in [-0.05, 0) is 54.3 Å². The molecule has 0 saturated carbocycles. The summed E-state index contributed by atoms with van der Waals surface area (Å²) in [5.74, 6) is 6.08. The van der Waals surface area contributed by atoms with E-state index in [2.05, 4.69) is 28.0 Å². The number of carbonyl (C=O) groups is 1. The van der Waals surface area contributed by atoms with Gasteiger partial charge in [-0.1, -0.05) is 29.7 Å². The van der Waals surface area contributed by atoms with Crippen molar-refractivity contribution < 1.29 is 23.7 Å². The van der Waals surface area contributed by atoms with Gasteiger partial charge in [-0.3, -0.25) is 4.79 Å². The van der Waals surface area contributed by atoms with Gasteiger partial charge >= 0.3 is 0 Å². The Hall–Kier alpha value is -3.32. The van der Waals surface area contributed by atoms with E-state index in [4.69, 9.17) is 32.2 Å². The van der Waals surface area contributed by atoms with Crippen LogP contribution in [-0.4, -0.2) is 45.5 Å². The van der Waals surface area contributed by atoms with Crippen molar-refractivity contribution in [3.05, 3.63) is 59.1 Å². The van der Waals surface area contributed by atoms with Crippen LogP contribution in [-0.2, 0) is 20.7 Å². The van der Waals surface area contributed by atoms with E-state index < -0.39 is 6.10 Å². The molecular formula is C24H24ClNO5. The van der Waals surface area contributed by atoms with Crippen LogP contribution in [0.15, 0.2) is 48.5 Å². The van der Waals surface area contributed by atoms with E-state index in [1.54, 1.807) is 24.3 Å². The van der Waals surface area contributed by atoms with Gasteiger partial charge in [0.2, 0.25) is 0 Å². The lowest BCUT2D eigenvalue weighted by atomic mass is 10.1. The third-order valence-corrected chi connectivity index (χ3v) is 4.25. The van der Waals surface area contributed by atoms with Gasteiger partial charge in [0.15, 0.2) is 12.7 Å². The highest BCUT2D eigenvalue weighted by Crippen LogP contribution is 2.16. The summed E-state index contributed by atoms with van der Waals surface area (Å²) in [6.45, 7) is 0.737. The maximum atomic E-state index is 12.5. The first-order valence-electron chi connectivity index (χ1n) is 9.56. The molecule has 1 N–H and O–H groups in total. The molecule has 1 amide bonds. The number of halogens is 1. The monoisotopic (exact) mass is 441 g/mol. The number of benzene rings is 2. The number of terminal acetylenes is 1. The van der Waals surface area contributed by atoms with Gasteiger partial charge in [0.05, 0.1) is 7.11 Å². The number of hydrogen-bond acceptors (Lipinski definition) is 5. The minimum atomic E-state index is -0.823. The Balaban J connectivity index is 1.79. The molecule has 31 heavy (non-hydrogen) atoms. The Morgan fingerprint density at radius 3 is 2.42 bits per heavy atom. The standard InChI is InChI=1S/C24H24ClNO5/c1-3-15-30-23(18-31-22-11-7-20(25)8-12-22)24(27)26-14-13-19-5-9-21(10-6-19)29-17-4-16-28-2/h1,5-12,23H,13-15,17-18H2,2H3,(H,26,27). The zero-order valence-corrected chi connectivity index (χ0v) is 18.0. The molecule has 0 bridgehead atoms. The topological polar surface area (TPSA) is 66.0 Å². The lowest BCUT2D eigenvalue weighted by Crippen LogP contribution is -2.41. The first-order valence-corrected chi connectivity index (χ1v) is 9.94. The fourth-order valence-electron chi connectivity index (χ4n) is 2.47. The second-order valence-electron chi connectivity index (χ2n) is 6.23. The largest absolute Gasteiger partial charge is 0.490 e. The number of carbonyl (C=O) groups excluding carboxylic acids is 1. The summed E-state index contributed by atoms with van der Waals surface area (Å²) in [5, 5.41) is 3.45. The molecule has 0 radical (unpaired) electrons. The number of rotatable bonds is 11. The highest BCUT2D eigenvalue weighted by molar-refractivity contribution is 6.30. The molecule has 0 aromatic heterocycles. The minimum Gasteiger partial charge on any atom is -0.490 e. The first kappa shape index (κ1) is 24.0. The van der Waals surface area contributed by atoms with E-state index in [9.17, 15) is 4.79 Å². The van der Waals surface area contributed by atoms with Crippen molar-refractivity contribution in [3.63, 3.8) is 0 Å². The van der Waals surface area contributed by atoms with Gasteiger partial charge in [-0.2, -0.15) is 0 Å². The number of ether oxygens (including phenoxy) is 4. The minimum absolute atomic E-state index is 0.0122. The van der Waals surface area contributed by atoms with Gasteiger partial charge in [-0.25, -0.2) is 0 Å². The number of methoxy groups -OCH3 is 1. The van der Waals surface area contributed by atoms with E-state index in [-0.39, 0.29) is 25.7 Å². The molecular weight excluding hydrogens is 418 g/mol. The maximum Gasteiger partial charge on any atom is 0.252 e. The quantitative estimate of drug-likeness (QED) is 0.543. The summed E-state index contributed by atoms with van der Waals surface area (Å²) in [4.78, 5) is 12.5. The van der Waals surface area contributed by atoms with Crippen LogP contribution in [0, 0.1) is 24.4 Å². The normalized spacial score (nSPS) is 10.7. The van der Waals surface area contributed by atoms with Crippen LogP contribution in [0.4, 0.5) is 0 Å². The number of nitrogens with one attached hydrogen (secondary N) is 1. The van der Waals surface area contributed by atoms with Gasteiger partial charge < -0.3 is 24.3 Å². The average Bonchev–Trinajstić information content (AvgIpc) is 2.79. The molecule has 0 aliphatic heterocycles. The molecule has 7 heteroatoms. The molecule has 162 valence electrons. The molecule has 0 aliphatic carbocycles. The lowest BCUT2D eigenvalue weighted by Gasteiger charge is -2.17. The summed E-state index contributed by atoms with van der Waals surface area (Å²) in [6, 6.07) is 14.4. The van der Waals surface area contributed by atoms with Gasteiger partial charge in [0.1, 0.15) is 30.8 Å². The second-order valence-corrected chi connectivity index (χ2v) is 6.66. The van der Waals surface area contributed by atoms with Gasteiger partial charge in [-0.15, -0.1) is 6.42 Å². The molecule has 1 unspecified atom stereocenters.